The van der Waals surface area contributed by atoms with Crippen LogP contribution in [0.2, 0.25) is 5.02 Å². The Morgan fingerprint density at radius 2 is 1.92 bits per heavy atom. The lowest BCUT2D eigenvalue weighted by Gasteiger charge is -2.17. The summed E-state index contributed by atoms with van der Waals surface area (Å²) in [5.41, 5.74) is 3.60. The van der Waals surface area contributed by atoms with Crippen molar-refractivity contribution in [3.8, 4) is 0 Å². The Morgan fingerprint density at radius 1 is 1.12 bits per heavy atom. The summed E-state index contributed by atoms with van der Waals surface area (Å²) in [7, 11) is 0. The molecule has 0 radical (unpaired) electrons. The molecule has 1 amide bonds. The smallest absolute Gasteiger partial charge is 0.277 e. The van der Waals surface area contributed by atoms with Crippen LogP contribution in [-0.4, -0.2) is 22.4 Å². The Morgan fingerprint density at radius 3 is 2.77 bits per heavy atom. The van der Waals surface area contributed by atoms with Crippen LogP contribution in [0.1, 0.15) is 21.6 Å². The summed E-state index contributed by atoms with van der Waals surface area (Å²) < 4.78 is 0. The summed E-state index contributed by atoms with van der Waals surface area (Å²) in [6, 6.07) is 17.2. The molecule has 1 aromatic heterocycles. The van der Waals surface area contributed by atoms with E-state index < -0.39 is 0 Å². The van der Waals surface area contributed by atoms with Crippen molar-refractivity contribution < 1.29 is 4.79 Å². The highest BCUT2D eigenvalue weighted by Crippen LogP contribution is 2.28. The van der Waals surface area contributed by atoms with Crippen LogP contribution in [0.25, 0.3) is 0 Å². The largest absolute Gasteiger partial charge is 0.350 e. The average molecular weight is 365 g/mol. The van der Waals surface area contributed by atoms with Crippen LogP contribution >= 0.6 is 11.6 Å². The van der Waals surface area contributed by atoms with E-state index in [1.54, 1.807) is 17.2 Å². The number of para-hydroxylation sites is 1. The van der Waals surface area contributed by atoms with Crippen molar-refractivity contribution >= 4 is 29.1 Å². The molecule has 0 spiro atoms. The number of benzene rings is 2. The third-order valence-electron chi connectivity index (χ3n) is 4.37. The zero-order valence-corrected chi connectivity index (χ0v) is 14.8. The number of rotatable bonds is 4. The van der Waals surface area contributed by atoms with Gasteiger partial charge in [-0.05, 0) is 41.8 Å². The number of amides is 1. The van der Waals surface area contributed by atoms with Crippen LogP contribution in [0.4, 0.5) is 11.6 Å². The number of carbonyl (C=O) groups excluding carboxylic acids is 1. The number of halogens is 1. The van der Waals surface area contributed by atoms with Gasteiger partial charge in [0.15, 0.2) is 0 Å². The van der Waals surface area contributed by atoms with Crippen LogP contribution < -0.4 is 10.2 Å². The van der Waals surface area contributed by atoms with E-state index in [1.807, 2.05) is 42.5 Å². The Hall–Kier alpha value is -2.92. The number of nitrogens with one attached hydrogen (secondary N) is 1. The summed E-state index contributed by atoms with van der Waals surface area (Å²) in [5, 5.41) is 3.85. The second kappa shape index (κ2) is 7.14. The molecule has 130 valence electrons. The quantitative estimate of drug-likeness (QED) is 0.761. The lowest BCUT2D eigenvalue weighted by atomic mass is 10.2. The Kier molecular flexibility index (Phi) is 4.54. The zero-order valence-electron chi connectivity index (χ0n) is 14.0. The lowest BCUT2D eigenvalue weighted by Crippen LogP contribution is -2.29. The first-order valence-electron chi connectivity index (χ1n) is 8.42. The molecule has 0 bridgehead atoms. The van der Waals surface area contributed by atoms with Gasteiger partial charge in [0.1, 0.15) is 5.69 Å². The van der Waals surface area contributed by atoms with Gasteiger partial charge in [0.05, 0.1) is 0 Å². The molecule has 0 aliphatic carbocycles. The summed E-state index contributed by atoms with van der Waals surface area (Å²) in [6.45, 7) is 1.23. The fraction of sp³-hybridized carbons (Fsp3) is 0.150. The highest BCUT2D eigenvalue weighted by atomic mass is 35.5. The first-order chi connectivity index (χ1) is 12.7. The molecule has 0 saturated carbocycles. The van der Waals surface area contributed by atoms with Gasteiger partial charge in [-0.3, -0.25) is 4.79 Å². The number of hydrogen-bond donors (Lipinski definition) is 1. The summed E-state index contributed by atoms with van der Waals surface area (Å²) in [6.07, 6.45) is 2.47. The Bertz CT molecular complexity index is 943. The molecular weight excluding hydrogens is 348 g/mol. The van der Waals surface area contributed by atoms with Crippen molar-refractivity contribution in [3.05, 3.63) is 82.6 Å². The molecule has 0 saturated heterocycles. The highest BCUT2D eigenvalue weighted by molar-refractivity contribution is 6.30. The maximum Gasteiger partial charge on any atom is 0.277 e. The molecule has 0 fully saturated rings. The molecule has 4 rings (SSSR count). The maximum atomic E-state index is 12.9. The number of hydrogen-bond acceptors (Lipinski definition) is 4. The number of anilines is 2. The van der Waals surface area contributed by atoms with E-state index in [1.165, 1.54) is 5.56 Å². The molecule has 6 heteroatoms. The van der Waals surface area contributed by atoms with Gasteiger partial charge in [-0.2, -0.15) is 0 Å². The van der Waals surface area contributed by atoms with Crippen LogP contribution in [0.5, 0.6) is 0 Å². The zero-order chi connectivity index (χ0) is 17.9. The van der Waals surface area contributed by atoms with E-state index in [9.17, 15) is 4.79 Å². The van der Waals surface area contributed by atoms with Crippen LogP contribution in [-0.2, 0) is 13.0 Å². The van der Waals surface area contributed by atoms with Crippen LogP contribution in [0.15, 0.2) is 60.8 Å². The molecule has 0 atom stereocenters. The van der Waals surface area contributed by atoms with Gasteiger partial charge in [-0.25, -0.2) is 9.97 Å². The Balaban J connectivity index is 1.49. The lowest BCUT2D eigenvalue weighted by molar-refractivity contribution is 0.0984. The van der Waals surface area contributed by atoms with Crippen molar-refractivity contribution in [2.24, 2.45) is 0 Å². The monoisotopic (exact) mass is 364 g/mol. The number of nitrogens with zero attached hydrogens (tertiary/aromatic N) is 3. The predicted molar refractivity (Wildman–Crippen MR) is 103 cm³/mol. The van der Waals surface area contributed by atoms with Gasteiger partial charge in [-0.15, -0.1) is 0 Å². The molecule has 0 unspecified atom stereocenters. The molecule has 26 heavy (non-hydrogen) atoms. The van der Waals surface area contributed by atoms with E-state index in [-0.39, 0.29) is 5.91 Å². The molecule has 2 aromatic carbocycles. The highest BCUT2D eigenvalue weighted by Gasteiger charge is 2.26. The molecule has 1 aliphatic rings. The molecule has 5 nitrogen and oxygen atoms in total. The summed E-state index contributed by atoms with van der Waals surface area (Å²) in [5.74, 6) is 0.324. The van der Waals surface area contributed by atoms with E-state index in [0.29, 0.717) is 29.8 Å². The minimum Gasteiger partial charge on any atom is -0.350 e. The third-order valence-corrected chi connectivity index (χ3v) is 4.62. The van der Waals surface area contributed by atoms with Crippen molar-refractivity contribution in [1.82, 2.24) is 9.97 Å². The third kappa shape index (κ3) is 3.39. The fourth-order valence-electron chi connectivity index (χ4n) is 3.03. The van der Waals surface area contributed by atoms with E-state index in [0.717, 1.165) is 17.7 Å². The SMILES string of the molecule is O=C(c1ccnc(NCc2ccc(Cl)cc2)n1)N1CCc2ccccc21. The van der Waals surface area contributed by atoms with Crippen LogP contribution in [0.3, 0.4) is 0 Å². The van der Waals surface area contributed by atoms with E-state index >= 15 is 0 Å². The van der Waals surface area contributed by atoms with Gasteiger partial charge < -0.3 is 10.2 Å². The van der Waals surface area contributed by atoms with E-state index in [2.05, 4.69) is 21.4 Å². The van der Waals surface area contributed by atoms with Crippen LogP contribution in [0, 0.1) is 0 Å². The molecule has 1 N–H and O–H groups in total. The minimum atomic E-state index is -0.105. The molecule has 2 heterocycles. The number of aromatic nitrogens is 2. The summed E-state index contributed by atoms with van der Waals surface area (Å²) in [4.78, 5) is 23.2. The van der Waals surface area contributed by atoms with Gasteiger partial charge in [0.2, 0.25) is 5.95 Å². The second-order valence-electron chi connectivity index (χ2n) is 6.08. The predicted octanol–water partition coefficient (Wildman–Crippen LogP) is 3.95. The average Bonchev–Trinajstić information content (AvgIpc) is 3.11. The van der Waals surface area contributed by atoms with Gasteiger partial charge >= 0.3 is 0 Å². The molecular formula is C20H17ClN4O. The van der Waals surface area contributed by atoms with Gasteiger partial charge in [0, 0.05) is 30.0 Å². The maximum absolute atomic E-state index is 12.9. The fourth-order valence-corrected chi connectivity index (χ4v) is 3.16. The number of carbonyl (C=O) groups is 1. The molecule has 3 aromatic rings. The second-order valence-corrected chi connectivity index (χ2v) is 6.52. The summed E-state index contributed by atoms with van der Waals surface area (Å²) >= 11 is 5.90. The molecule has 1 aliphatic heterocycles. The topological polar surface area (TPSA) is 58.1 Å². The minimum absolute atomic E-state index is 0.105. The van der Waals surface area contributed by atoms with Gasteiger partial charge in [0.25, 0.3) is 5.91 Å². The Labute approximate surface area is 156 Å². The van der Waals surface area contributed by atoms with Crippen molar-refractivity contribution in [1.29, 1.82) is 0 Å². The normalized spacial score (nSPS) is 12.7. The first kappa shape index (κ1) is 16.5. The van der Waals surface area contributed by atoms with Crippen molar-refractivity contribution in [3.63, 3.8) is 0 Å². The standard InChI is InChI=1S/C20H17ClN4O/c21-16-7-5-14(6-8-16)13-23-20-22-11-9-17(24-20)19(26)25-12-10-15-3-1-2-4-18(15)25/h1-9,11H,10,12-13H2,(H,22,23,24). The first-order valence-corrected chi connectivity index (χ1v) is 8.79. The van der Waals surface area contributed by atoms with Crippen molar-refractivity contribution in [2.75, 3.05) is 16.8 Å². The van der Waals surface area contributed by atoms with Crippen molar-refractivity contribution in [2.45, 2.75) is 13.0 Å². The number of fused-ring (bicyclic) bond motifs is 1. The van der Waals surface area contributed by atoms with E-state index in [4.69, 9.17) is 11.6 Å². The van der Waals surface area contributed by atoms with Gasteiger partial charge in [-0.1, -0.05) is 41.9 Å².